The zero-order chi connectivity index (χ0) is 7.94. The van der Waals surface area contributed by atoms with E-state index in [9.17, 15) is 0 Å². The van der Waals surface area contributed by atoms with Crippen LogP contribution in [0.1, 0.15) is 13.9 Å². The summed E-state index contributed by atoms with van der Waals surface area (Å²) < 4.78 is 10.0. The fourth-order valence-electron chi connectivity index (χ4n) is 0.549. The number of thiophene rings is 1. The maximum absolute atomic E-state index is 5.12. The molecule has 64 valence electrons. The third-order valence-electron chi connectivity index (χ3n) is 1.02. The van der Waals surface area contributed by atoms with E-state index in [0.29, 0.717) is 13.2 Å². The molecule has 12 heavy (non-hydrogen) atoms. The van der Waals surface area contributed by atoms with Gasteiger partial charge in [-0.25, -0.2) is 0 Å². The molecule has 1 rings (SSSR count). The van der Waals surface area contributed by atoms with Crippen molar-refractivity contribution in [1.82, 2.24) is 0 Å². The van der Waals surface area contributed by atoms with Gasteiger partial charge in [-0.1, -0.05) is 0 Å². The zero-order valence-electron chi connectivity index (χ0n) is 8.28. The minimum Gasteiger partial charge on any atom is -1.00 e. The largest absolute Gasteiger partial charge is 1.00 e. The molecule has 0 saturated heterocycles. The van der Waals surface area contributed by atoms with E-state index in [1.165, 1.54) is 5.56 Å². The van der Waals surface area contributed by atoms with Crippen LogP contribution in [-0.4, -0.2) is 6.61 Å². The molecule has 1 heterocycles. The summed E-state index contributed by atoms with van der Waals surface area (Å²) in [5, 5.41) is 4.09. The molecule has 0 fully saturated rings. The molecular weight excluding hydrogens is 203 g/mol. The van der Waals surface area contributed by atoms with Crippen molar-refractivity contribution in [2.24, 2.45) is 0 Å². The molecule has 0 aliphatic rings. The third-order valence-corrected chi connectivity index (χ3v) is 2.30. The van der Waals surface area contributed by atoms with Gasteiger partial charge < -0.3 is 1.43 Å². The van der Waals surface area contributed by atoms with Crippen molar-refractivity contribution in [2.75, 3.05) is 6.61 Å². The second-order valence-electron chi connectivity index (χ2n) is 1.87. The average Bonchev–Trinajstić information content (AvgIpc) is 2.50. The van der Waals surface area contributed by atoms with Crippen molar-refractivity contribution >= 4 is 23.7 Å². The van der Waals surface area contributed by atoms with Crippen LogP contribution in [-0.2, 0) is 15.0 Å². The maximum Gasteiger partial charge on any atom is 1.00 e. The third kappa shape index (κ3) is 5.59. The molecule has 0 saturated carbocycles. The van der Waals surface area contributed by atoms with Crippen molar-refractivity contribution in [3.63, 3.8) is 0 Å². The van der Waals surface area contributed by atoms with Crippen molar-refractivity contribution in [2.45, 2.75) is 13.5 Å². The van der Waals surface area contributed by atoms with E-state index in [1.54, 1.807) is 11.3 Å². The topological polar surface area (TPSA) is 18.5 Å². The van der Waals surface area contributed by atoms with Crippen LogP contribution in [0, 0.1) is 0 Å². The fraction of sp³-hybridized carbons (Fsp3) is 0.429. The van der Waals surface area contributed by atoms with Crippen molar-refractivity contribution in [3.05, 3.63) is 22.4 Å². The Morgan fingerprint density at radius 2 is 2.42 bits per heavy atom. The smallest absolute Gasteiger partial charge is 1.00 e. The summed E-state index contributed by atoms with van der Waals surface area (Å²) in [6, 6.07) is 2.04. The number of hydrogen-bond donors (Lipinski definition) is 0. The Kier molecular flexibility index (Phi) is 9.26. The predicted molar refractivity (Wildman–Crippen MR) is 49.4 cm³/mol. The molecule has 0 aromatic carbocycles. The molecular formula is C7H11NaO2S2. The van der Waals surface area contributed by atoms with Crippen LogP contribution in [0.25, 0.3) is 0 Å². The number of hydrogen-bond acceptors (Lipinski definition) is 4. The molecule has 0 radical (unpaired) electrons. The monoisotopic (exact) mass is 214 g/mol. The molecule has 0 spiro atoms. The Balaban J connectivity index is 0. The SMILES string of the molecule is CCOSOCc1ccsc1.[H-].[Na+]. The van der Waals surface area contributed by atoms with Gasteiger partial charge in [-0.2, -0.15) is 11.3 Å². The van der Waals surface area contributed by atoms with Crippen LogP contribution >= 0.6 is 23.7 Å². The van der Waals surface area contributed by atoms with Gasteiger partial charge in [-0.15, -0.1) is 0 Å². The molecule has 0 bridgehead atoms. The first-order valence-corrected chi connectivity index (χ1v) is 4.96. The van der Waals surface area contributed by atoms with E-state index in [2.05, 4.69) is 5.38 Å². The van der Waals surface area contributed by atoms with Gasteiger partial charge in [0.2, 0.25) is 0 Å². The predicted octanol–water partition coefficient (Wildman–Crippen LogP) is -0.0191. The summed E-state index contributed by atoms with van der Waals surface area (Å²) in [6.07, 6.45) is 0. The molecule has 1 aromatic rings. The summed E-state index contributed by atoms with van der Waals surface area (Å²) in [5.41, 5.74) is 1.20. The molecule has 0 N–H and O–H groups in total. The first kappa shape index (κ1) is 13.0. The Bertz CT molecular complexity index is 185. The van der Waals surface area contributed by atoms with E-state index in [0.717, 1.165) is 12.3 Å². The van der Waals surface area contributed by atoms with Crippen LogP contribution in [0.5, 0.6) is 0 Å². The van der Waals surface area contributed by atoms with E-state index < -0.39 is 0 Å². The zero-order valence-corrected chi connectivity index (χ0v) is 10.9. The van der Waals surface area contributed by atoms with Gasteiger partial charge in [0.1, 0.15) is 0 Å². The molecule has 1 aromatic heterocycles. The van der Waals surface area contributed by atoms with Crippen LogP contribution in [0.4, 0.5) is 0 Å². The van der Waals surface area contributed by atoms with Crippen LogP contribution in [0.3, 0.4) is 0 Å². The average molecular weight is 214 g/mol. The van der Waals surface area contributed by atoms with Gasteiger partial charge in [-0.05, 0) is 29.3 Å². The first-order chi connectivity index (χ1) is 5.43. The normalized spacial score (nSPS) is 9.42. The standard InChI is InChI=1S/C7H10O2S2.Na.H/c1-2-8-11-9-5-7-3-4-10-6-7;;/h3-4,6H,2,5H2,1H3;;/q;+1;-1. The quantitative estimate of drug-likeness (QED) is 0.390. The summed E-state index contributed by atoms with van der Waals surface area (Å²) in [7, 11) is 0. The van der Waals surface area contributed by atoms with E-state index in [1.807, 2.05) is 18.4 Å². The van der Waals surface area contributed by atoms with Gasteiger partial charge in [0.05, 0.1) is 13.2 Å². The molecule has 2 nitrogen and oxygen atoms in total. The molecule has 0 unspecified atom stereocenters. The minimum atomic E-state index is 0. The van der Waals surface area contributed by atoms with Gasteiger partial charge in [0.25, 0.3) is 0 Å². The van der Waals surface area contributed by atoms with Gasteiger partial charge in [0.15, 0.2) is 12.3 Å². The molecule has 5 heteroatoms. The van der Waals surface area contributed by atoms with E-state index >= 15 is 0 Å². The summed E-state index contributed by atoms with van der Waals surface area (Å²) in [6.45, 7) is 3.23. The molecule has 0 aliphatic carbocycles. The summed E-state index contributed by atoms with van der Waals surface area (Å²) >= 11 is 2.73. The second-order valence-corrected chi connectivity index (χ2v) is 3.26. The second kappa shape index (κ2) is 8.56. The Labute approximate surface area is 105 Å². The molecule has 0 amide bonds. The maximum atomic E-state index is 5.12. The molecule has 0 aliphatic heterocycles. The van der Waals surface area contributed by atoms with Crippen LogP contribution in [0.15, 0.2) is 16.8 Å². The Hall–Kier alpha value is 0.970. The van der Waals surface area contributed by atoms with Crippen LogP contribution < -0.4 is 29.6 Å². The number of rotatable bonds is 5. The van der Waals surface area contributed by atoms with Crippen molar-refractivity contribution < 1.29 is 39.4 Å². The Morgan fingerprint density at radius 3 is 3.00 bits per heavy atom. The first-order valence-electron chi connectivity index (χ1n) is 3.35. The summed E-state index contributed by atoms with van der Waals surface area (Å²) in [5.74, 6) is 0. The van der Waals surface area contributed by atoms with E-state index in [-0.39, 0.29) is 31.0 Å². The van der Waals surface area contributed by atoms with Crippen molar-refractivity contribution in [1.29, 1.82) is 0 Å². The fourth-order valence-corrected chi connectivity index (χ4v) is 1.55. The minimum absolute atomic E-state index is 0. The van der Waals surface area contributed by atoms with Gasteiger partial charge in [0, 0.05) is 0 Å². The van der Waals surface area contributed by atoms with Crippen molar-refractivity contribution in [3.8, 4) is 0 Å². The van der Waals surface area contributed by atoms with Gasteiger partial charge in [-0.3, -0.25) is 8.37 Å². The van der Waals surface area contributed by atoms with E-state index in [4.69, 9.17) is 8.37 Å². The summed E-state index contributed by atoms with van der Waals surface area (Å²) in [4.78, 5) is 0. The van der Waals surface area contributed by atoms with Gasteiger partial charge >= 0.3 is 29.6 Å². The van der Waals surface area contributed by atoms with Crippen LogP contribution in [0.2, 0.25) is 0 Å². The molecule has 0 atom stereocenters. The Morgan fingerprint density at radius 1 is 1.58 bits per heavy atom.